The second-order valence-corrected chi connectivity index (χ2v) is 12.0. The molecule has 0 saturated carbocycles. The Morgan fingerprint density at radius 3 is 2.67 bits per heavy atom. The van der Waals surface area contributed by atoms with E-state index in [9.17, 15) is 18.0 Å². The molecule has 3 heterocycles. The van der Waals surface area contributed by atoms with Gasteiger partial charge in [-0.3, -0.25) is 4.79 Å². The number of hydrogen-bond acceptors (Lipinski definition) is 8. The number of halogens is 1. The van der Waals surface area contributed by atoms with E-state index < -0.39 is 22.0 Å². The maximum absolute atomic E-state index is 13.3. The number of fused-ring (bicyclic) bond motifs is 1. The zero-order valence-electron chi connectivity index (χ0n) is 18.8. The zero-order valence-corrected chi connectivity index (χ0v) is 21.2. The van der Waals surface area contributed by atoms with Crippen LogP contribution in [0.1, 0.15) is 17.2 Å². The number of rotatable bonds is 5. The number of anilines is 1. The molecule has 36 heavy (non-hydrogen) atoms. The van der Waals surface area contributed by atoms with Crippen LogP contribution in [0.25, 0.3) is 10.9 Å². The standard InChI is InChI=1S/C24H21ClN4O5S2/c25-16-6-7-17-19(12-16)26-13-18(22(17)30)21(15-4-2-1-3-5-15)28-24(31)34-20-14-27-23(35-20)29-8-10-36(32,33)11-9-29/h1-7,12-14,21H,8-11H2,(H,26,30)(H,28,31). The molecule has 1 fully saturated rings. The molecule has 186 valence electrons. The smallest absolute Gasteiger partial charge is 0.397 e. The van der Waals surface area contributed by atoms with E-state index in [2.05, 4.69) is 15.3 Å². The Bertz CT molecular complexity index is 1570. The average Bonchev–Trinajstić information content (AvgIpc) is 3.32. The van der Waals surface area contributed by atoms with E-state index in [0.717, 1.165) is 11.3 Å². The van der Waals surface area contributed by atoms with Crippen LogP contribution in [0, 0.1) is 0 Å². The minimum absolute atomic E-state index is 0.0640. The van der Waals surface area contributed by atoms with Crippen molar-refractivity contribution < 1.29 is 17.9 Å². The van der Waals surface area contributed by atoms with E-state index in [4.69, 9.17) is 16.3 Å². The highest BCUT2D eigenvalue weighted by Gasteiger charge is 2.25. The van der Waals surface area contributed by atoms with Gasteiger partial charge >= 0.3 is 6.09 Å². The Hall–Kier alpha value is -3.41. The van der Waals surface area contributed by atoms with E-state index in [0.29, 0.717) is 45.3 Å². The molecule has 2 N–H and O–H groups in total. The second kappa shape index (κ2) is 9.92. The molecule has 9 nitrogen and oxygen atoms in total. The molecule has 0 spiro atoms. The lowest BCUT2D eigenvalue weighted by Gasteiger charge is -2.25. The molecule has 5 rings (SSSR count). The number of nitrogens with one attached hydrogen (secondary N) is 2. The molecule has 2 aromatic carbocycles. The molecule has 0 radical (unpaired) electrons. The van der Waals surface area contributed by atoms with Crippen molar-refractivity contribution >= 4 is 54.9 Å². The number of benzene rings is 2. The number of carbonyl (C=O) groups excluding carboxylic acids is 1. The molecule has 4 aromatic rings. The molecule has 1 amide bonds. The number of hydrogen-bond donors (Lipinski definition) is 2. The van der Waals surface area contributed by atoms with Gasteiger partial charge in [-0.1, -0.05) is 53.3 Å². The predicted octanol–water partition coefficient (Wildman–Crippen LogP) is 3.75. The van der Waals surface area contributed by atoms with Crippen LogP contribution in [-0.2, 0) is 9.84 Å². The highest BCUT2D eigenvalue weighted by Crippen LogP contribution is 2.30. The number of aromatic amines is 1. The first kappa shape index (κ1) is 24.3. The Morgan fingerprint density at radius 1 is 1.17 bits per heavy atom. The topological polar surface area (TPSA) is 121 Å². The van der Waals surface area contributed by atoms with Crippen LogP contribution < -0.4 is 20.4 Å². The van der Waals surface area contributed by atoms with Crippen LogP contribution in [0.4, 0.5) is 9.93 Å². The zero-order chi connectivity index (χ0) is 25.3. The third-order valence-corrected chi connectivity index (χ3v) is 8.64. The molecule has 1 unspecified atom stereocenters. The van der Waals surface area contributed by atoms with Gasteiger partial charge < -0.3 is 19.9 Å². The number of carbonyl (C=O) groups is 1. The monoisotopic (exact) mass is 544 g/mol. The van der Waals surface area contributed by atoms with Crippen LogP contribution >= 0.6 is 22.9 Å². The van der Waals surface area contributed by atoms with Crippen LogP contribution in [0.5, 0.6) is 5.06 Å². The Balaban J connectivity index is 1.37. The van der Waals surface area contributed by atoms with E-state index >= 15 is 0 Å². The van der Waals surface area contributed by atoms with Gasteiger partial charge in [-0.05, 0) is 23.8 Å². The van der Waals surface area contributed by atoms with E-state index in [1.165, 1.54) is 6.20 Å². The quantitative estimate of drug-likeness (QED) is 0.392. The van der Waals surface area contributed by atoms with Gasteiger partial charge in [0.1, 0.15) is 0 Å². The van der Waals surface area contributed by atoms with Gasteiger partial charge in [-0.25, -0.2) is 18.2 Å². The largest absolute Gasteiger partial charge is 0.414 e. The highest BCUT2D eigenvalue weighted by molar-refractivity contribution is 7.91. The molecule has 1 atom stereocenters. The summed E-state index contributed by atoms with van der Waals surface area (Å²) in [6.45, 7) is 0.682. The normalized spacial score (nSPS) is 16.0. The van der Waals surface area contributed by atoms with E-state index in [1.54, 1.807) is 24.4 Å². The van der Waals surface area contributed by atoms with Crippen LogP contribution in [0.3, 0.4) is 0 Å². The van der Waals surface area contributed by atoms with Crippen molar-refractivity contribution in [3.05, 3.63) is 87.3 Å². The Labute approximate surface area is 215 Å². The summed E-state index contributed by atoms with van der Waals surface area (Å²) >= 11 is 7.20. The van der Waals surface area contributed by atoms with Crippen molar-refractivity contribution in [2.75, 3.05) is 29.5 Å². The number of sulfone groups is 1. The average molecular weight is 545 g/mol. The molecule has 12 heteroatoms. The number of nitrogens with zero attached hydrogens (tertiary/aromatic N) is 2. The van der Waals surface area contributed by atoms with Gasteiger partial charge in [0.25, 0.3) is 0 Å². The minimum atomic E-state index is -3.02. The summed E-state index contributed by atoms with van der Waals surface area (Å²) in [5.74, 6) is 0.128. The maximum Gasteiger partial charge on any atom is 0.414 e. The van der Waals surface area contributed by atoms with Crippen molar-refractivity contribution in [3.63, 3.8) is 0 Å². The third kappa shape index (κ3) is 5.23. The lowest BCUT2D eigenvalue weighted by molar-refractivity contribution is 0.199. The molecule has 2 aromatic heterocycles. The molecule has 0 aliphatic carbocycles. The number of pyridine rings is 1. The fourth-order valence-electron chi connectivity index (χ4n) is 4.00. The summed E-state index contributed by atoms with van der Waals surface area (Å²) < 4.78 is 28.8. The first-order valence-corrected chi connectivity index (χ1v) is 14.1. The van der Waals surface area contributed by atoms with Gasteiger partial charge in [0.05, 0.1) is 29.3 Å². The molecule has 1 saturated heterocycles. The highest BCUT2D eigenvalue weighted by atomic mass is 35.5. The first-order chi connectivity index (χ1) is 17.3. The number of amides is 1. The molecule has 1 aliphatic heterocycles. The summed E-state index contributed by atoms with van der Waals surface area (Å²) in [5.41, 5.74) is 1.39. The Morgan fingerprint density at radius 2 is 1.92 bits per heavy atom. The minimum Gasteiger partial charge on any atom is -0.397 e. The summed E-state index contributed by atoms with van der Waals surface area (Å²) in [6, 6.07) is 13.3. The number of aromatic nitrogens is 2. The number of thiazole rings is 1. The second-order valence-electron chi connectivity index (χ2n) is 8.24. The van der Waals surface area contributed by atoms with E-state index in [1.807, 2.05) is 35.2 Å². The molecule has 0 bridgehead atoms. The SMILES string of the molecule is O=C(NC(c1ccccc1)c1c[nH]c2cc(Cl)ccc2c1=O)Oc1cnc(N2CCS(=O)(=O)CC2)s1. The van der Waals surface area contributed by atoms with Crippen LogP contribution in [0.2, 0.25) is 5.02 Å². The van der Waals surface area contributed by atoms with Crippen molar-refractivity contribution in [1.29, 1.82) is 0 Å². The van der Waals surface area contributed by atoms with Gasteiger partial charge in [0.2, 0.25) is 5.06 Å². The summed E-state index contributed by atoms with van der Waals surface area (Å²) in [7, 11) is -3.02. The summed E-state index contributed by atoms with van der Waals surface area (Å²) in [4.78, 5) is 35.4. The third-order valence-electron chi connectivity index (χ3n) is 5.86. The van der Waals surface area contributed by atoms with Gasteiger partial charge in [0, 0.05) is 35.3 Å². The lowest BCUT2D eigenvalue weighted by atomic mass is 9.98. The van der Waals surface area contributed by atoms with Crippen LogP contribution in [0.15, 0.2) is 65.7 Å². The van der Waals surface area contributed by atoms with Gasteiger partial charge in [-0.2, -0.15) is 0 Å². The lowest BCUT2D eigenvalue weighted by Crippen LogP contribution is -2.40. The summed E-state index contributed by atoms with van der Waals surface area (Å²) in [5, 5.41) is 4.58. The van der Waals surface area contributed by atoms with Crippen LogP contribution in [-0.4, -0.2) is 49.1 Å². The van der Waals surface area contributed by atoms with Crippen molar-refractivity contribution in [2.45, 2.75) is 6.04 Å². The summed E-state index contributed by atoms with van der Waals surface area (Å²) in [6.07, 6.45) is 2.23. The maximum atomic E-state index is 13.3. The fraction of sp³-hybridized carbons (Fsp3) is 0.208. The number of H-pyrrole nitrogens is 1. The Kier molecular flexibility index (Phi) is 6.69. The molecule has 1 aliphatic rings. The van der Waals surface area contributed by atoms with Gasteiger partial charge in [0.15, 0.2) is 20.4 Å². The molecular weight excluding hydrogens is 524 g/mol. The van der Waals surface area contributed by atoms with Gasteiger partial charge in [-0.15, -0.1) is 0 Å². The number of ether oxygens (including phenoxy) is 1. The van der Waals surface area contributed by atoms with E-state index in [-0.39, 0.29) is 22.0 Å². The van der Waals surface area contributed by atoms with Crippen molar-refractivity contribution in [2.24, 2.45) is 0 Å². The fourth-order valence-corrected chi connectivity index (χ4v) is 6.19. The van der Waals surface area contributed by atoms with Crippen molar-refractivity contribution in [3.8, 4) is 5.06 Å². The molecular formula is C24H21ClN4O5S2. The van der Waals surface area contributed by atoms with Crippen molar-refractivity contribution in [1.82, 2.24) is 15.3 Å². The predicted molar refractivity (Wildman–Crippen MR) is 140 cm³/mol. The first-order valence-electron chi connectivity index (χ1n) is 11.0.